The van der Waals surface area contributed by atoms with Crippen LogP contribution in [0.3, 0.4) is 0 Å². The van der Waals surface area contributed by atoms with E-state index in [0.717, 1.165) is 12.5 Å². The molecule has 0 aromatic carbocycles. The number of rotatable bonds is 3. The van der Waals surface area contributed by atoms with Crippen LogP contribution >= 0.6 is 0 Å². The molecular weight excluding hydrogens is 210 g/mol. The highest BCUT2D eigenvalue weighted by Gasteiger charge is 2.16. The minimum atomic E-state index is 0.912. The lowest BCUT2D eigenvalue weighted by Crippen LogP contribution is -2.30. The molecule has 2 heterocycles. The quantitative estimate of drug-likeness (QED) is 0.805. The molecule has 1 fully saturated rings. The third-order valence-electron chi connectivity index (χ3n) is 3.16. The van der Waals surface area contributed by atoms with Crippen molar-refractivity contribution in [1.29, 1.82) is 0 Å². The number of aryl methyl sites for hydroxylation is 1. The van der Waals surface area contributed by atoms with E-state index in [-0.39, 0.29) is 0 Å². The molecule has 0 saturated carbocycles. The zero-order valence-corrected chi connectivity index (χ0v) is 11.6. The molecule has 0 N–H and O–H groups in total. The third-order valence-corrected chi connectivity index (χ3v) is 3.16. The molecule has 1 aliphatic heterocycles. The fourth-order valence-electron chi connectivity index (χ4n) is 2.10. The van der Waals surface area contributed by atoms with Gasteiger partial charge in [-0.15, -0.1) is 0 Å². The summed E-state index contributed by atoms with van der Waals surface area (Å²) < 4.78 is 2.04. The van der Waals surface area contributed by atoms with Crippen molar-refractivity contribution in [3.8, 4) is 0 Å². The molecule has 98 valence electrons. The van der Waals surface area contributed by atoms with Crippen LogP contribution in [0, 0.1) is 5.92 Å². The van der Waals surface area contributed by atoms with Crippen LogP contribution in [0.4, 0.5) is 0 Å². The Labute approximate surface area is 106 Å². The van der Waals surface area contributed by atoms with Gasteiger partial charge in [-0.25, -0.2) is 0 Å². The molecule has 0 spiro atoms. The van der Waals surface area contributed by atoms with Gasteiger partial charge in [0, 0.05) is 18.9 Å². The Morgan fingerprint density at radius 1 is 1.24 bits per heavy atom. The highest BCUT2D eigenvalue weighted by atomic mass is 15.3. The van der Waals surface area contributed by atoms with E-state index in [2.05, 4.69) is 37.1 Å². The Hall–Kier alpha value is -0.830. The Morgan fingerprint density at radius 2 is 1.88 bits per heavy atom. The first kappa shape index (κ1) is 14.2. The number of piperidine rings is 1. The predicted octanol–water partition coefficient (Wildman–Crippen LogP) is 3.03. The van der Waals surface area contributed by atoms with E-state index < -0.39 is 0 Å². The molecule has 1 aromatic heterocycles. The van der Waals surface area contributed by atoms with Gasteiger partial charge in [-0.3, -0.25) is 4.68 Å². The van der Waals surface area contributed by atoms with Gasteiger partial charge in [0.25, 0.3) is 0 Å². The average Bonchev–Trinajstić information content (AvgIpc) is 2.82. The molecule has 0 unspecified atom stereocenters. The predicted molar refractivity (Wildman–Crippen MR) is 73.0 cm³/mol. The molecule has 0 bridgehead atoms. The maximum absolute atomic E-state index is 4.22. The van der Waals surface area contributed by atoms with Crippen LogP contribution in [-0.2, 0) is 6.54 Å². The smallest absolute Gasteiger partial charge is 0.0489 e. The van der Waals surface area contributed by atoms with Crippen molar-refractivity contribution >= 4 is 0 Å². The van der Waals surface area contributed by atoms with Crippen molar-refractivity contribution < 1.29 is 0 Å². The fraction of sp³-hybridized carbons (Fsp3) is 0.786. The Balaban J connectivity index is 0.000000437. The lowest BCUT2D eigenvalue weighted by Gasteiger charge is -2.28. The number of hydrogen-bond donors (Lipinski definition) is 0. The molecular formula is C14H27N3. The summed E-state index contributed by atoms with van der Waals surface area (Å²) in [6, 6.07) is 1.99. The molecule has 0 atom stereocenters. The molecule has 17 heavy (non-hydrogen) atoms. The molecule has 3 heteroatoms. The van der Waals surface area contributed by atoms with Crippen LogP contribution in [0.25, 0.3) is 0 Å². The van der Waals surface area contributed by atoms with E-state index >= 15 is 0 Å². The second-order valence-corrected chi connectivity index (χ2v) is 5.01. The topological polar surface area (TPSA) is 21.1 Å². The van der Waals surface area contributed by atoms with Crippen molar-refractivity contribution in [2.24, 2.45) is 5.92 Å². The normalized spacial score (nSPS) is 17.6. The summed E-state index contributed by atoms with van der Waals surface area (Å²) in [4.78, 5) is 2.42. The van der Waals surface area contributed by atoms with Gasteiger partial charge in [0.05, 0.1) is 0 Å². The SMILES string of the molecule is CCC.CN1CCC(CCn2cccn2)CC1. The zero-order chi connectivity index (χ0) is 12.5. The fourth-order valence-corrected chi connectivity index (χ4v) is 2.10. The summed E-state index contributed by atoms with van der Waals surface area (Å²) in [5, 5.41) is 4.22. The lowest BCUT2D eigenvalue weighted by atomic mass is 9.94. The summed E-state index contributed by atoms with van der Waals surface area (Å²) in [6.07, 6.45) is 9.16. The second-order valence-electron chi connectivity index (χ2n) is 5.01. The Bertz CT molecular complexity index is 261. The van der Waals surface area contributed by atoms with E-state index in [9.17, 15) is 0 Å². The molecule has 1 aliphatic rings. The van der Waals surface area contributed by atoms with Gasteiger partial charge >= 0.3 is 0 Å². The number of aromatic nitrogens is 2. The standard InChI is InChI=1S/C11H19N3.C3H8/c1-13-8-3-11(4-9-13)5-10-14-7-2-6-12-14;1-3-2/h2,6-7,11H,3-5,8-10H2,1H3;3H2,1-2H3. The minimum Gasteiger partial charge on any atom is -0.306 e. The van der Waals surface area contributed by atoms with Crippen LogP contribution in [0.1, 0.15) is 39.5 Å². The third kappa shape index (κ3) is 5.87. The summed E-state index contributed by atoms with van der Waals surface area (Å²) in [6.45, 7) is 7.87. The van der Waals surface area contributed by atoms with E-state index in [1.54, 1.807) is 0 Å². The van der Waals surface area contributed by atoms with Crippen LogP contribution in [0.15, 0.2) is 18.5 Å². The largest absolute Gasteiger partial charge is 0.306 e. The van der Waals surface area contributed by atoms with Crippen molar-refractivity contribution in [3.05, 3.63) is 18.5 Å². The van der Waals surface area contributed by atoms with Crippen molar-refractivity contribution in [3.63, 3.8) is 0 Å². The molecule has 1 saturated heterocycles. The molecule has 2 rings (SSSR count). The van der Waals surface area contributed by atoms with E-state index in [0.29, 0.717) is 0 Å². The van der Waals surface area contributed by atoms with E-state index in [4.69, 9.17) is 0 Å². The second kappa shape index (κ2) is 8.29. The Morgan fingerprint density at radius 3 is 2.41 bits per heavy atom. The first-order valence-electron chi connectivity index (χ1n) is 6.92. The van der Waals surface area contributed by atoms with Crippen molar-refractivity contribution in [2.45, 2.75) is 46.1 Å². The minimum absolute atomic E-state index is 0.912. The highest BCUT2D eigenvalue weighted by molar-refractivity contribution is 4.78. The van der Waals surface area contributed by atoms with E-state index in [1.807, 2.05) is 16.9 Å². The molecule has 0 amide bonds. The summed E-state index contributed by atoms with van der Waals surface area (Å²) in [7, 11) is 2.21. The average molecular weight is 237 g/mol. The van der Waals surface area contributed by atoms with Gasteiger partial charge in [-0.05, 0) is 51.4 Å². The van der Waals surface area contributed by atoms with E-state index in [1.165, 1.54) is 38.8 Å². The number of nitrogens with zero attached hydrogens (tertiary/aromatic N) is 3. The van der Waals surface area contributed by atoms with Crippen LogP contribution < -0.4 is 0 Å². The first-order valence-corrected chi connectivity index (χ1v) is 6.92. The summed E-state index contributed by atoms with van der Waals surface area (Å²) >= 11 is 0. The van der Waals surface area contributed by atoms with Crippen molar-refractivity contribution in [1.82, 2.24) is 14.7 Å². The highest BCUT2D eigenvalue weighted by Crippen LogP contribution is 2.19. The van der Waals surface area contributed by atoms with Gasteiger partial charge in [0.2, 0.25) is 0 Å². The van der Waals surface area contributed by atoms with Crippen molar-refractivity contribution in [2.75, 3.05) is 20.1 Å². The monoisotopic (exact) mass is 237 g/mol. The number of hydrogen-bond acceptors (Lipinski definition) is 2. The van der Waals surface area contributed by atoms with Crippen LogP contribution in [0.5, 0.6) is 0 Å². The molecule has 3 nitrogen and oxygen atoms in total. The van der Waals surface area contributed by atoms with Crippen LogP contribution in [-0.4, -0.2) is 34.8 Å². The number of likely N-dealkylation sites (tertiary alicyclic amines) is 1. The van der Waals surface area contributed by atoms with Gasteiger partial charge in [0.15, 0.2) is 0 Å². The summed E-state index contributed by atoms with van der Waals surface area (Å²) in [5.74, 6) is 0.912. The van der Waals surface area contributed by atoms with Gasteiger partial charge in [-0.2, -0.15) is 5.10 Å². The zero-order valence-electron chi connectivity index (χ0n) is 11.6. The maximum atomic E-state index is 4.22. The van der Waals surface area contributed by atoms with Gasteiger partial charge in [-0.1, -0.05) is 20.3 Å². The summed E-state index contributed by atoms with van der Waals surface area (Å²) in [5.41, 5.74) is 0. The van der Waals surface area contributed by atoms with Gasteiger partial charge < -0.3 is 4.90 Å². The molecule has 0 radical (unpaired) electrons. The maximum Gasteiger partial charge on any atom is 0.0489 e. The van der Waals surface area contributed by atoms with Gasteiger partial charge in [0.1, 0.15) is 0 Å². The lowest BCUT2D eigenvalue weighted by molar-refractivity contribution is 0.206. The van der Waals surface area contributed by atoms with Crippen LogP contribution in [0.2, 0.25) is 0 Å². The molecule has 0 aliphatic carbocycles. The Kier molecular flexibility index (Phi) is 6.94. The first-order chi connectivity index (χ1) is 8.26. The molecule has 1 aromatic rings.